The summed E-state index contributed by atoms with van der Waals surface area (Å²) in [5, 5.41) is 32.4. The first-order chi connectivity index (χ1) is 25.3. The van der Waals surface area contributed by atoms with E-state index in [0.717, 1.165) is 29.5 Å². The van der Waals surface area contributed by atoms with Crippen molar-refractivity contribution in [3.8, 4) is 11.1 Å². The van der Waals surface area contributed by atoms with Gasteiger partial charge in [0, 0.05) is 56.9 Å². The van der Waals surface area contributed by atoms with Crippen LogP contribution in [0.5, 0.6) is 0 Å². The number of carboxylic acid groups (broad SMARTS) is 2. The van der Waals surface area contributed by atoms with Crippen molar-refractivity contribution in [2.24, 2.45) is 11.7 Å². The molecule has 14 nitrogen and oxygen atoms in total. The van der Waals surface area contributed by atoms with E-state index in [-0.39, 0.29) is 56.5 Å². The van der Waals surface area contributed by atoms with Gasteiger partial charge < -0.3 is 42.5 Å². The molecule has 14 heteroatoms. The SMILES string of the molecule is CCCCCC[C@H](N)CNCC[C@H](C)C(=O)N[C@H](Cc1ccc(-c2ccc(NC(C)=O)cc2)cc1)C(=O)NCC[C@@H](NC(=O)CCCC(=O)O)C(=O)O. The zero-order valence-electron chi connectivity index (χ0n) is 31.2. The Morgan fingerprint density at radius 3 is 2.00 bits per heavy atom. The number of anilines is 1. The molecule has 53 heavy (non-hydrogen) atoms. The first-order valence-electron chi connectivity index (χ1n) is 18.5. The topological polar surface area (TPSA) is 229 Å². The molecule has 0 heterocycles. The number of unbranched alkanes of at least 4 members (excludes halogenated alkanes) is 3. The summed E-state index contributed by atoms with van der Waals surface area (Å²) in [5.41, 5.74) is 9.53. The maximum atomic E-state index is 13.5. The molecule has 0 bridgehead atoms. The van der Waals surface area contributed by atoms with Gasteiger partial charge in [-0.05, 0) is 61.1 Å². The van der Waals surface area contributed by atoms with Gasteiger partial charge in [0.25, 0.3) is 0 Å². The molecule has 292 valence electrons. The van der Waals surface area contributed by atoms with Crippen LogP contribution >= 0.6 is 0 Å². The van der Waals surface area contributed by atoms with E-state index in [4.69, 9.17) is 10.8 Å². The van der Waals surface area contributed by atoms with Gasteiger partial charge in [-0.3, -0.25) is 24.0 Å². The maximum Gasteiger partial charge on any atom is 0.326 e. The molecule has 0 fully saturated rings. The van der Waals surface area contributed by atoms with Gasteiger partial charge in [-0.1, -0.05) is 75.9 Å². The number of carbonyl (C=O) groups excluding carboxylic acids is 4. The largest absolute Gasteiger partial charge is 0.481 e. The summed E-state index contributed by atoms with van der Waals surface area (Å²) in [5.74, 6) is -4.32. The summed E-state index contributed by atoms with van der Waals surface area (Å²) >= 11 is 0. The van der Waals surface area contributed by atoms with Crippen molar-refractivity contribution in [3.63, 3.8) is 0 Å². The van der Waals surface area contributed by atoms with Crippen LogP contribution in [0.25, 0.3) is 11.1 Å². The highest BCUT2D eigenvalue weighted by Crippen LogP contribution is 2.22. The number of carbonyl (C=O) groups is 6. The number of nitrogens with one attached hydrogen (secondary N) is 5. The Balaban J connectivity index is 2.05. The van der Waals surface area contributed by atoms with E-state index in [2.05, 4.69) is 33.5 Å². The minimum absolute atomic E-state index is 0.0459. The van der Waals surface area contributed by atoms with E-state index in [0.29, 0.717) is 25.2 Å². The molecule has 0 aromatic heterocycles. The molecule has 4 atom stereocenters. The Hall–Kier alpha value is -4.82. The number of nitrogens with two attached hydrogens (primary N) is 1. The number of aliphatic carboxylic acids is 2. The van der Waals surface area contributed by atoms with E-state index in [1.54, 1.807) is 19.1 Å². The number of hydrogen-bond donors (Lipinski definition) is 8. The minimum atomic E-state index is -1.29. The van der Waals surface area contributed by atoms with Gasteiger partial charge in [-0.2, -0.15) is 0 Å². The molecule has 0 unspecified atom stereocenters. The van der Waals surface area contributed by atoms with Crippen LogP contribution in [0, 0.1) is 5.92 Å². The Morgan fingerprint density at radius 1 is 0.736 bits per heavy atom. The molecule has 0 aliphatic carbocycles. The second kappa shape index (κ2) is 24.4. The lowest BCUT2D eigenvalue weighted by atomic mass is 9.99. The second-order valence-corrected chi connectivity index (χ2v) is 13.5. The average molecular weight is 739 g/mol. The zero-order chi connectivity index (χ0) is 39.2. The second-order valence-electron chi connectivity index (χ2n) is 13.5. The first kappa shape index (κ1) is 44.3. The highest BCUT2D eigenvalue weighted by Gasteiger charge is 2.25. The van der Waals surface area contributed by atoms with E-state index in [1.807, 2.05) is 36.4 Å². The first-order valence-corrected chi connectivity index (χ1v) is 18.5. The monoisotopic (exact) mass is 738 g/mol. The fourth-order valence-electron chi connectivity index (χ4n) is 5.60. The van der Waals surface area contributed by atoms with Gasteiger partial charge in [0.05, 0.1) is 0 Å². The fraction of sp³-hybridized carbons (Fsp3) is 0.538. The highest BCUT2D eigenvalue weighted by molar-refractivity contribution is 5.90. The Morgan fingerprint density at radius 2 is 1.40 bits per heavy atom. The Kier molecular flexibility index (Phi) is 20.4. The number of benzene rings is 2. The van der Waals surface area contributed by atoms with Crippen LogP contribution in [0.1, 0.15) is 90.5 Å². The molecular formula is C39H58N6O8. The molecule has 9 N–H and O–H groups in total. The third kappa shape index (κ3) is 18.5. The average Bonchev–Trinajstić information content (AvgIpc) is 3.11. The Bertz CT molecular complexity index is 1470. The van der Waals surface area contributed by atoms with Gasteiger partial charge in [0.15, 0.2) is 0 Å². The molecule has 0 saturated carbocycles. The van der Waals surface area contributed by atoms with Gasteiger partial charge in [-0.15, -0.1) is 0 Å². The molecule has 2 rings (SSSR count). The van der Waals surface area contributed by atoms with E-state index in [9.17, 15) is 33.9 Å². The lowest BCUT2D eigenvalue weighted by Gasteiger charge is -2.22. The lowest BCUT2D eigenvalue weighted by molar-refractivity contribution is -0.142. The zero-order valence-corrected chi connectivity index (χ0v) is 31.2. The molecule has 0 aliphatic heterocycles. The van der Waals surface area contributed by atoms with E-state index < -0.39 is 41.8 Å². The van der Waals surface area contributed by atoms with E-state index >= 15 is 0 Å². The predicted molar refractivity (Wildman–Crippen MR) is 204 cm³/mol. The smallest absolute Gasteiger partial charge is 0.326 e. The van der Waals surface area contributed by atoms with Crippen molar-refractivity contribution in [1.29, 1.82) is 0 Å². The molecular weight excluding hydrogens is 680 g/mol. The van der Waals surface area contributed by atoms with Gasteiger partial charge in [-0.25, -0.2) is 4.79 Å². The molecule has 0 radical (unpaired) electrons. The van der Waals surface area contributed by atoms with Crippen LogP contribution in [0.4, 0.5) is 5.69 Å². The Labute approximate surface area is 312 Å². The predicted octanol–water partition coefficient (Wildman–Crippen LogP) is 3.58. The molecule has 2 aromatic carbocycles. The molecule has 2 aromatic rings. The normalized spacial score (nSPS) is 13.2. The summed E-state index contributed by atoms with van der Waals surface area (Å²) in [4.78, 5) is 72.8. The van der Waals surface area contributed by atoms with Crippen LogP contribution in [-0.2, 0) is 35.2 Å². The van der Waals surface area contributed by atoms with Crippen molar-refractivity contribution in [3.05, 3.63) is 54.1 Å². The molecule has 0 saturated heterocycles. The van der Waals surface area contributed by atoms with Crippen LogP contribution in [-0.4, -0.2) is 83.5 Å². The summed E-state index contributed by atoms with van der Waals surface area (Å²) in [7, 11) is 0. The van der Waals surface area contributed by atoms with Gasteiger partial charge >= 0.3 is 11.9 Å². The highest BCUT2D eigenvalue weighted by atomic mass is 16.4. The summed E-state index contributed by atoms with van der Waals surface area (Å²) < 4.78 is 0. The number of rotatable bonds is 26. The summed E-state index contributed by atoms with van der Waals surface area (Å²) in [6.07, 6.45) is 5.86. The molecule has 4 amide bonds. The van der Waals surface area contributed by atoms with Crippen LogP contribution in [0.3, 0.4) is 0 Å². The standard InChI is InChI=1S/C39H58N6O8/c1-4-5-6-7-9-31(40)25-41-22-20-26(2)37(50)45-34(38(51)42-23-21-33(39(52)53)44-35(47)10-8-11-36(48)49)24-28-12-14-29(15-13-28)30-16-18-32(19-17-30)43-27(3)46/h12-19,26,31,33-34,41H,4-11,20-25,40H2,1-3H3,(H,42,51)(H,43,46)(H,44,47)(H,45,50)(H,48,49)(H,52,53)/t26-,31-,33+,34+/m0/s1. The van der Waals surface area contributed by atoms with Crippen molar-refractivity contribution < 1.29 is 39.0 Å². The van der Waals surface area contributed by atoms with Crippen LogP contribution in [0.2, 0.25) is 0 Å². The third-order valence-corrected chi connectivity index (χ3v) is 8.76. The lowest BCUT2D eigenvalue weighted by Crippen LogP contribution is -2.50. The summed E-state index contributed by atoms with van der Waals surface area (Å²) in [6, 6.07) is 12.7. The van der Waals surface area contributed by atoms with Crippen molar-refractivity contribution in [2.75, 3.05) is 25.0 Å². The number of amides is 4. The van der Waals surface area contributed by atoms with Crippen molar-refractivity contribution >= 4 is 41.3 Å². The molecule has 0 spiro atoms. The van der Waals surface area contributed by atoms with Crippen LogP contribution in [0.15, 0.2) is 48.5 Å². The maximum absolute atomic E-state index is 13.5. The quantitative estimate of drug-likeness (QED) is 0.0654. The minimum Gasteiger partial charge on any atom is -0.481 e. The molecule has 0 aliphatic rings. The van der Waals surface area contributed by atoms with Gasteiger partial charge in [0.2, 0.25) is 23.6 Å². The van der Waals surface area contributed by atoms with Crippen molar-refractivity contribution in [1.82, 2.24) is 21.3 Å². The van der Waals surface area contributed by atoms with Crippen molar-refractivity contribution in [2.45, 2.75) is 110 Å². The van der Waals surface area contributed by atoms with E-state index in [1.165, 1.54) is 26.2 Å². The fourth-order valence-corrected chi connectivity index (χ4v) is 5.60. The summed E-state index contributed by atoms with van der Waals surface area (Å²) in [6.45, 7) is 6.54. The third-order valence-electron chi connectivity index (χ3n) is 8.76. The van der Waals surface area contributed by atoms with Crippen LogP contribution < -0.4 is 32.3 Å². The number of hydrogen-bond acceptors (Lipinski definition) is 8. The number of carboxylic acids is 2. The van der Waals surface area contributed by atoms with Gasteiger partial charge in [0.1, 0.15) is 12.1 Å².